The maximum atomic E-state index is 13.9. The molecular formula is C32H36N4O6S2. The Balaban J connectivity index is 1.36. The highest BCUT2D eigenvalue weighted by Gasteiger charge is 2.39. The minimum atomic E-state index is -4.00. The Morgan fingerprint density at radius 3 is 2.55 bits per heavy atom. The molecule has 0 saturated carbocycles. The number of carbonyl (C=O) groups excluding carboxylic acids is 2. The number of nitrogens with zero attached hydrogens (tertiary/aromatic N) is 3. The van der Waals surface area contributed by atoms with Crippen molar-refractivity contribution in [3.63, 3.8) is 0 Å². The molecular weight excluding hydrogens is 601 g/mol. The number of rotatable bonds is 12. The summed E-state index contributed by atoms with van der Waals surface area (Å²) in [6, 6.07) is 20.5. The second kappa shape index (κ2) is 13.4. The van der Waals surface area contributed by atoms with Crippen molar-refractivity contribution in [2.24, 2.45) is 5.92 Å². The predicted octanol–water partition coefficient (Wildman–Crippen LogP) is 4.37. The van der Waals surface area contributed by atoms with Crippen LogP contribution in [0.4, 0.5) is 10.5 Å². The van der Waals surface area contributed by atoms with Crippen molar-refractivity contribution in [2.45, 2.75) is 50.3 Å². The average molecular weight is 637 g/mol. The fraction of sp³-hybridized carbons (Fsp3) is 0.344. The predicted molar refractivity (Wildman–Crippen MR) is 170 cm³/mol. The maximum Gasteiger partial charge on any atom is 0.415 e. The molecule has 0 radical (unpaired) electrons. The Hall–Kier alpha value is -3.84. The van der Waals surface area contributed by atoms with Gasteiger partial charge in [-0.2, -0.15) is 4.31 Å². The van der Waals surface area contributed by atoms with Gasteiger partial charge in [0.1, 0.15) is 0 Å². The van der Waals surface area contributed by atoms with Gasteiger partial charge in [-0.3, -0.25) is 9.69 Å². The van der Waals surface area contributed by atoms with Crippen molar-refractivity contribution in [3.8, 4) is 0 Å². The first kappa shape index (κ1) is 31.6. The molecule has 1 aliphatic heterocycles. The van der Waals surface area contributed by atoms with E-state index in [1.807, 2.05) is 63.2 Å². The number of amides is 2. The van der Waals surface area contributed by atoms with E-state index in [1.54, 1.807) is 29.8 Å². The molecule has 0 spiro atoms. The minimum Gasteiger partial charge on any atom is -0.434 e. The molecule has 1 aromatic heterocycles. The monoisotopic (exact) mass is 636 g/mol. The number of ether oxygens (including phenoxy) is 1. The van der Waals surface area contributed by atoms with E-state index in [4.69, 9.17) is 4.74 Å². The van der Waals surface area contributed by atoms with Crippen LogP contribution in [0.1, 0.15) is 25.0 Å². The summed E-state index contributed by atoms with van der Waals surface area (Å²) in [5, 5.41) is 14.4. The van der Waals surface area contributed by atoms with Crippen molar-refractivity contribution >= 4 is 49.3 Å². The van der Waals surface area contributed by atoms with Gasteiger partial charge in [-0.25, -0.2) is 18.2 Å². The van der Waals surface area contributed by atoms with Gasteiger partial charge in [0.15, 0.2) is 6.10 Å². The van der Waals surface area contributed by atoms with Crippen LogP contribution in [0.25, 0.3) is 10.2 Å². The average Bonchev–Trinajstić information content (AvgIpc) is 3.63. The van der Waals surface area contributed by atoms with Crippen LogP contribution in [-0.4, -0.2) is 72.7 Å². The van der Waals surface area contributed by atoms with Gasteiger partial charge in [-0.05, 0) is 55.2 Å². The standard InChI is InChI=1S/C32H36N4O6S2/c1-21(2)17-35(44(40,41)25-13-14-26-30(16-25)43-20-33-26)18-28(37)27(15-23-7-5-4-6-8-23)34-31(38)29-19-36(32(39)42-29)24-11-9-22(3)10-12-24/h4-14,16,20-21,27-29,37H,15,17-19H2,1-3H3,(H,34,38)/t27-,28+,29-/m0/s1. The summed E-state index contributed by atoms with van der Waals surface area (Å²) in [4.78, 5) is 31.8. The highest BCUT2D eigenvalue weighted by atomic mass is 32.2. The first-order valence-corrected chi connectivity index (χ1v) is 16.7. The quantitative estimate of drug-likeness (QED) is 0.236. The largest absolute Gasteiger partial charge is 0.434 e. The summed E-state index contributed by atoms with van der Waals surface area (Å²) in [5.41, 5.74) is 4.86. The molecule has 0 aliphatic carbocycles. The third-order valence-corrected chi connectivity index (χ3v) is 10.1. The van der Waals surface area contributed by atoms with Gasteiger partial charge in [0.05, 0.1) is 39.3 Å². The Morgan fingerprint density at radius 2 is 1.84 bits per heavy atom. The molecule has 12 heteroatoms. The molecule has 1 saturated heterocycles. The number of aromatic nitrogens is 1. The first-order valence-electron chi connectivity index (χ1n) is 14.4. The molecule has 4 aromatic rings. The number of carbonyl (C=O) groups is 2. The number of anilines is 1. The molecule has 2 amide bonds. The molecule has 1 fully saturated rings. The van der Waals surface area contributed by atoms with Gasteiger partial charge in [0.2, 0.25) is 10.0 Å². The number of thiazole rings is 1. The van der Waals surface area contributed by atoms with E-state index in [9.17, 15) is 23.1 Å². The number of hydrogen-bond donors (Lipinski definition) is 2. The lowest BCUT2D eigenvalue weighted by atomic mass is 10.0. The lowest BCUT2D eigenvalue weighted by Gasteiger charge is -2.31. The topological polar surface area (TPSA) is 129 Å². The van der Waals surface area contributed by atoms with E-state index < -0.39 is 40.3 Å². The third kappa shape index (κ3) is 7.27. The van der Waals surface area contributed by atoms with Gasteiger partial charge in [-0.1, -0.05) is 61.9 Å². The number of fused-ring (bicyclic) bond motifs is 1. The van der Waals surface area contributed by atoms with Crippen LogP contribution in [0.5, 0.6) is 0 Å². The maximum absolute atomic E-state index is 13.9. The van der Waals surface area contributed by atoms with Gasteiger partial charge < -0.3 is 15.2 Å². The first-order chi connectivity index (χ1) is 21.0. The molecule has 10 nitrogen and oxygen atoms in total. The molecule has 2 N–H and O–H groups in total. The molecule has 3 aromatic carbocycles. The van der Waals surface area contributed by atoms with E-state index in [2.05, 4.69) is 10.3 Å². The van der Waals surface area contributed by atoms with Crippen molar-refractivity contribution in [1.29, 1.82) is 0 Å². The van der Waals surface area contributed by atoms with Gasteiger partial charge in [-0.15, -0.1) is 11.3 Å². The Morgan fingerprint density at radius 1 is 1.11 bits per heavy atom. The second-order valence-corrected chi connectivity index (χ2v) is 14.2. The SMILES string of the molecule is Cc1ccc(N2C[C@@H](C(=O)N[C@@H](Cc3ccccc3)[C@H](O)CN(CC(C)C)S(=O)(=O)c3ccc4ncsc4c3)OC2=O)cc1. The number of hydrogen-bond acceptors (Lipinski definition) is 8. The normalized spacial score (nSPS) is 16.8. The third-order valence-electron chi connectivity index (χ3n) is 7.44. The zero-order valence-electron chi connectivity index (χ0n) is 24.8. The minimum absolute atomic E-state index is 0.00971. The van der Waals surface area contributed by atoms with Crippen LogP contribution < -0.4 is 10.2 Å². The van der Waals surface area contributed by atoms with E-state index >= 15 is 0 Å². The Bertz CT molecular complexity index is 1710. The van der Waals surface area contributed by atoms with Crippen molar-refractivity contribution in [2.75, 3.05) is 24.5 Å². The van der Waals surface area contributed by atoms with Crippen LogP contribution in [0.3, 0.4) is 0 Å². The lowest BCUT2D eigenvalue weighted by molar-refractivity contribution is -0.129. The van der Waals surface area contributed by atoms with Crippen molar-refractivity contribution in [3.05, 3.63) is 89.4 Å². The summed E-state index contributed by atoms with van der Waals surface area (Å²) in [5.74, 6) is -0.598. The van der Waals surface area contributed by atoms with Crippen molar-refractivity contribution in [1.82, 2.24) is 14.6 Å². The van der Waals surface area contributed by atoms with E-state index in [0.717, 1.165) is 15.8 Å². The van der Waals surface area contributed by atoms with Crippen LogP contribution in [-0.2, 0) is 26.0 Å². The molecule has 44 heavy (non-hydrogen) atoms. The smallest absolute Gasteiger partial charge is 0.415 e. The summed E-state index contributed by atoms with van der Waals surface area (Å²) in [6.07, 6.45) is -2.78. The molecule has 3 atom stereocenters. The number of cyclic esters (lactones) is 1. The highest BCUT2D eigenvalue weighted by molar-refractivity contribution is 7.89. The molecule has 1 aliphatic rings. The lowest BCUT2D eigenvalue weighted by Crippen LogP contribution is -2.53. The number of aliphatic hydroxyl groups excluding tert-OH is 1. The zero-order chi connectivity index (χ0) is 31.4. The summed E-state index contributed by atoms with van der Waals surface area (Å²) in [7, 11) is -4.00. The molecule has 0 unspecified atom stereocenters. The van der Waals surface area contributed by atoms with E-state index in [-0.39, 0.29) is 36.9 Å². The fourth-order valence-electron chi connectivity index (χ4n) is 5.12. The molecule has 0 bridgehead atoms. The van der Waals surface area contributed by atoms with Crippen LogP contribution in [0, 0.1) is 12.8 Å². The fourth-order valence-corrected chi connectivity index (χ4v) is 7.56. The number of aliphatic hydroxyl groups is 1. The second-order valence-electron chi connectivity index (χ2n) is 11.4. The number of nitrogens with one attached hydrogen (secondary N) is 1. The van der Waals surface area contributed by atoms with Crippen LogP contribution in [0.2, 0.25) is 0 Å². The summed E-state index contributed by atoms with van der Waals surface area (Å²) in [6.45, 7) is 5.66. The number of benzene rings is 3. The zero-order valence-corrected chi connectivity index (χ0v) is 26.4. The van der Waals surface area contributed by atoms with Gasteiger partial charge in [0, 0.05) is 18.8 Å². The van der Waals surface area contributed by atoms with Gasteiger partial charge in [0.25, 0.3) is 5.91 Å². The van der Waals surface area contributed by atoms with Crippen LogP contribution >= 0.6 is 11.3 Å². The highest BCUT2D eigenvalue weighted by Crippen LogP contribution is 2.26. The van der Waals surface area contributed by atoms with E-state index in [1.165, 1.54) is 26.6 Å². The molecule has 2 heterocycles. The Kier molecular flexibility index (Phi) is 9.64. The molecule has 232 valence electrons. The van der Waals surface area contributed by atoms with Gasteiger partial charge >= 0.3 is 6.09 Å². The Labute approximate surface area is 261 Å². The number of sulfonamides is 1. The van der Waals surface area contributed by atoms with Crippen LogP contribution in [0.15, 0.2) is 83.2 Å². The van der Waals surface area contributed by atoms with Crippen molar-refractivity contribution < 1.29 is 27.9 Å². The molecule has 5 rings (SSSR count). The van der Waals surface area contributed by atoms with E-state index in [0.29, 0.717) is 11.2 Å². The summed E-state index contributed by atoms with van der Waals surface area (Å²) < 4.78 is 35.1. The number of aryl methyl sites for hydroxylation is 1. The summed E-state index contributed by atoms with van der Waals surface area (Å²) >= 11 is 1.35.